The van der Waals surface area contributed by atoms with Gasteiger partial charge in [0.15, 0.2) is 5.96 Å². The van der Waals surface area contributed by atoms with E-state index in [4.69, 9.17) is 4.74 Å². The Bertz CT molecular complexity index is 446. The molecule has 0 radical (unpaired) electrons. The van der Waals surface area contributed by atoms with Crippen molar-refractivity contribution in [3.63, 3.8) is 0 Å². The molecule has 0 fully saturated rings. The van der Waals surface area contributed by atoms with E-state index in [-0.39, 0.29) is 35.8 Å². The molecular weight excluding hydrogens is 440 g/mol. The molecule has 0 saturated heterocycles. The number of methoxy groups -OCH3 is 1. The van der Waals surface area contributed by atoms with E-state index in [2.05, 4.69) is 31.6 Å². The maximum Gasteiger partial charge on any atom is 0.191 e. The standard InChI is InChI=1S/C13H19BrFN3O.HI/c1-9(8-19-3)18-13(16-2)17-7-10-6-11(15)4-5-12(10)14;/h4-6,9H,7-8H2,1-3H3,(H2,16,17,18);1H. The predicted molar refractivity (Wildman–Crippen MR) is 94.2 cm³/mol. The van der Waals surface area contributed by atoms with Crippen LogP contribution in [0.5, 0.6) is 0 Å². The lowest BCUT2D eigenvalue weighted by Crippen LogP contribution is -2.43. The summed E-state index contributed by atoms with van der Waals surface area (Å²) in [4.78, 5) is 4.11. The number of hydrogen-bond acceptors (Lipinski definition) is 2. The molecule has 4 nitrogen and oxygen atoms in total. The minimum absolute atomic E-state index is 0. The molecule has 0 heterocycles. The van der Waals surface area contributed by atoms with Crippen LogP contribution in [-0.2, 0) is 11.3 Å². The van der Waals surface area contributed by atoms with Gasteiger partial charge in [0.25, 0.3) is 0 Å². The van der Waals surface area contributed by atoms with Crippen LogP contribution >= 0.6 is 39.9 Å². The minimum atomic E-state index is -0.254. The van der Waals surface area contributed by atoms with Crippen LogP contribution in [0.1, 0.15) is 12.5 Å². The van der Waals surface area contributed by atoms with E-state index in [1.54, 1.807) is 20.2 Å². The van der Waals surface area contributed by atoms with Crippen LogP contribution in [0, 0.1) is 5.82 Å². The highest BCUT2D eigenvalue weighted by Gasteiger charge is 2.06. The Morgan fingerprint density at radius 3 is 2.80 bits per heavy atom. The first-order chi connectivity index (χ1) is 9.06. The van der Waals surface area contributed by atoms with Crippen LogP contribution in [-0.4, -0.2) is 32.8 Å². The summed E-state index contributed by atoms with van der Waals surface area (Å²) in [5.41, 5.74) is 0.836. The molecule has 114 valence electrons. The van der Waals surface area contributed by atoms with Gasteiger partial charge in [0.1, 0.15) is 5.82 Å². The predicted octanol–water partition coefficient (Wildman–Crippen LogP) is 2.91. The van der Waals surface area contributed by atoms with Crippen molar-refractivity contribution in [1.82, 2.24) is 10.6 Å². The van der Waals surface area contributed by atoms with Crippen molar-refractivity contribution in [3.8, 4) is 0 Å². The molecule has 1 aromatic carbocycles. The van der Waals surface area contributed by atoms with Gasteiger partial charge in [-0.05, 0) is 30.7 Å². The molecule has 2 N–H and O–H groups in total. The summed E-state index contributed by atoms with van der Waals surface area (Å²) in [5.74, 6) is 0.399. The summed E-state index contributed by atoms with van der Waals surface area (Å²) in [6.07, 6.45) is 0. The molecule has 0 aliphatic carbocycles. The van der Waals surface area contributed by atoms with Crippen molar-refractivity contribution in [3.05, 3.63) is 34.1 Å². The highest BCUT2D eigenvalue weighted by atomic mass is 127. The Morgan fingerprint density at radius 2 is 2.20 bits per heavy atom. The number of benzene rings is 1. The van der Waals surface area contributed by atoms with Crippen LogP contribution in [0.2, 0.25) is 0 Å². The third-order valence-electron chi connectivity index (χ3n) is 2.48. The molecule has 0 saturated carbocycles. The van der Waals surface area contributed by atoms with Gasteiger partial charge in [-0.2, -0.15) is 0 Å². The molecule has 0 amide bonds. The number of hydrogen-bond donors (Lipinski definition) is 2. The molecule has 7 heteroatoms. The van der Waals surface area contributed by atoms with Gasteiger partial charge in [-0.25, -0.2) is 4.39 Å². The lowest BCUT2D eigenvalue weighted by atomic mass is 10.2. The van der Waals surface area contributed by atoms with E-state index in [0.29, 0.717) is 19.1 Å². The highest BCUT2D eigenvalue weighted by molar-refractivity contribution is 14.0. The van der Waals surface area contributed by atoms with Crippen LogP contribution in [0.25, 0.3) is 0 Å². The van der Waals surface area contributed by atoms with Crippen molar-refractivity contribution in [2.24, 2.45) is 4.99 Å². The first kappa shape index (κ1) is 19.6. The number of nitrogens with zero attached hydrogens (tertiary/aromatic N) is 1. The number of aliphatic imine (C=N–C) groups is 1. The first-order valence-electron chi connectivity index (χ1n) is 5.97. The fraction of sp³-hybridized carbons (Fsp3) is 0.462. The molecule has 20 heavy (non-hydrogen) atoms. The van der Waals surface area contributed by atoms with E-state index >= 15 is 0 Å². The van der Waals surface area contributed by atoms with Crippen molar-refractivity contribution >= 4 is 45.9 Å². The average molecular weight is 460 g/mol. The second-order valence-electron chi connectivity index (χ2n) is 4.16. The molecule has 0 aliphatic rings. The monoisotopic (exact) mass is 459 g/mol. The number of nitrogens with one attached hydrogen (secondary N) is 2. The molecule has 1 aromatic rings. The Hall–Kier alpha value is -0.410. The zero-order chi connectivity index (χ0) is 14.3. The Kier molecular flexibility index (Phi) is 10.1. The maximum absolute atomic E-state index is 13.2. The first-order valence-corrected chi connectivity index (χ1v) is 6.76. The summed E-state index contributed by atoms with van der Waals surface area (Å²) in [6, 6.07) is 4.74. The Morgan fingerprint density at radius 1 is 1.50 bits per heavy atom. The lowest BCUT2D eigenvalue weighted by molar-refractivity contribution is 0.179. The second-order valence-corrected chi connectivity index (χ2v) is 5.02. The smallest absolute Gasteiger partial charge is 0.191 e. The zero-order valence-electron chi connectivity index (χ0n) is 11.7. The third kappa shape index (κ3) is 6.85. The second kappa shape index (κ2) is 10.3. The summed E-state index contributed by atoms with van der Waals surface area (Å²) >= 11 is 3.39. The Labute approximate surface area is 144 Å². The average Bonchev–Trinajstić information content (AvgIpc) is 2.38. The van der Waals surface area contributed by atoms with Crippen LogP contribution in [0.4, 0.5) is 4.39 Å². The van der Waals surface area contributed by atoms with E-state index in [9.17, 15) is 4.39 Å². The van der Waals surface area contributed by atoms with E-state index in [1.807, 2.05) is 6.92 Å². The van der Waals surface area contributed by atoms with Gasteiger partial charge in [0, 0.05) is 31.2 Å². The van der Waals surface area contributed by atoms with Crippen LogP contribution < -0.4 is 10.6 Å². The van der Waals surface area contributed by atoms with Crippen molar-refractivity contribution in [1.29, 1.82) is 0 Å². The van der Waals surface area contributed by atoms with Gasteiger partial charge in [0.2, 0.25) is 0 Å². The van der Waals surface area contributed by atoms with E-state index in [1.165, 1.54) is 12.1 Å². The lowest BCUT2D eigenvalue weighted by Gasteiger charge is -2.17. The fourth-order valence-electron chi connectivity index (χ4n) is 1.58. The van der Waals surface area contributed by atoms with Crippen LogP contribution in [0.15, 0.2) is 27.7 Å². The van der Waals surface area contributed by atoms with Gasteiger partial charge in [-0.3, -0.25) is 4.99 Å². The van der Waals surface area contributed by atoms with Crippen molar-refractivity contribution < 1.29 is 9.13 Å². The molecular formula is C13H20BrFIN3O. The quantitative estimate of drug-likeness (QED) is 0.404. The van der Waals surface area contributed by atoms with Gasteiger partial charge < -0.3 is 15.4 Å². The van der Waals surface area contributed by atoms with Crippen LogP contribution in [0.3, 0.4) is 0 Å². The summed E-state index contributed by atoms with van der Waals surface area (Å²) in [7, 11) is 3.34. The summed E-state index contributed by atoms with van der Waals surface area (Å²) < 4.78 is 19.1. The fourth-order valence-corrected chi connectivity index (χ4v) is 1.96. The Balaban J connectivity index is 0.00000361. The minimum Gasteiger partial charge on any atom is -0.383 e. The van der Waals surface area contributed by atoms with Gasteiger partial charge in [-0.1, -0.05) is 15.9 Å². The normalized spacial score (nSPS) is 12.6. The van der Waals surface area contributed by atoms with Gasteiger partial charge in [0.05, 0.1) is 6.61 Å². The van der Waals surface area contributed by atoms with E-state index in [0.717, 1.165) is 10.0 Å². The third-order valence-corrected chi connectivity index (χ3v) is 3.25. The summed E-state index contributed by atoms with van der Waals surface area (Å²) in [6.45, 7) is 3.07. The van der Waals surface area contributed by atoms with E-state index < -0.39 is 0 Å². The SMILES string of the molecule is CN=C(NCc1cc(F)ccc1Br)NC(C)COC.I. The molecule has 0 aliphatic heterocycles. The molecule has 0 spiro atoms. The number of ether oxygens (including phenoxy) is 1. The maximum atomic E-state index is 13.2. The molecule has 1 unspecified atom stereocenters. The van der Waals surface area contributed by atoms with Crippen molar-refractivity contribution in [2.45, 2.75) is 19.5 Å². The molecule has 0 aromatic heterocycles. The molecule has 1 rings (SSSR count). The largest absolute Gasteiger partial charge is 0.383 e. The van der Waals surface area contributed by atoms with Gasteiger partial charge >= 0.3 is 0 Å². The number of halogens is 3. The summed E-state index contributed by atoms with van der Waals surface area (Å²) in [5, 5.41) is 6.31. The van der Waals surface area contributed by atoms with Gasteiger partial charge in [-0.15, -0.1) is 24.0 Å². The topological polar surface area (TPSA) is 45.7 Å². The highest BCUT2D eigenvalue weighted by Crippen LogP contribution is 2.17. The number of rotatable bonds is 5. The van der Waals surface area contributed by atoms with Crippen molar-refractivity contribution in [2.75, 3.05) is 20.8 Å². The molecule has 1 atom stereocenters. The number of guanidine groups is 1. The molecule has 0 bridgehead atoms. The zero-order valence-corrected chi connectivity index (χ0v) is 15.7.